The molecule has 0 spiro atoms. The number of aryl methyl sites for hydroxylation is 1. The van der Waals surface area contributed by atoms with Crippen molar-refractivity contribution < 1.29 is 13.9 Å². The van der Waals surface area contributed by atoms with E-state index in [-0.39, 0.29) is 12.1 Å². The number of aliphatic hydroxyl groups excluding tert-OH is 1. The van der Waals surface area contributed by atoms with E-state index in [2.05, 4.69) is 10.4 Å². The minimum absolute atomic E-state index is 0.0617. The van der Waals surface area contributed by atoms with E-state index in [1.165, 1.54) is 6.07 Å². The van der Waals surface area contributed by atoms with Crippen molar-refractivity contribution in [3.63, 3.8) is 0 Å². The maximum absolute atomic E-state index is 13.5. The molecule has 0 radical (unpaired) electrons. The summed E-state index contributed by atoms with van der Waals surface area (Å²) >= 11 is 0. The van der Waals surface area contributed by atoms with Crippen LogP contribution < -0.4 is 5.32 Å². The number of halogens is 2. The third kappa shape index (κ3) is 3.02. The van der Waals surface area contributed by atoms with Crippen molar-refractivity contribution in [3.8, 4) is 0 Å². The van der Waals surface area contributed by atoms with Crippen LogP contribution in [0.4, 0.5) is 8.78 Å². The molecule has 1 unspecified atom stereocenters. The number of hydrogen-bond donors (Lipinski definition) is 2. The van der Waals surface area contributed by atoms with Gasteiger partial charge in [-0.05, 0) is 19.1 Å². The van der Waals surface area contributed by atoms with E-state index < -0.39 is 17.7 Å². The van der Waals surface area contributed by atoms with Crippen LogP contribution in [0.15, 0.2) is 24.4 Å². The second kappa shape index (κ2) is 6.11. The zero-order chi connectivity index (χ0) is 14.7. The Balaban J connectivity index is 1.96. The molecule has 2 aromatic rings. The van der Waals surface area contributed by atoms with Gasteiger partial charge in [0.2, 0.25) is 0 Å². The fourth-order valence-electron chi connectivity index (χ4n) is 1.99. The summed E-state index contributed by atoms with van der Waals surface area (Å²) in [5, 5.41) is 16.9. The van der Waals surface area contributed by atoms with Crippen molar-refractivity contribution in [1.82, 2.24) is 15.1 Å². The lowest BCUT2D eigenvalue weighted by atomic mass is 10.1. The smallest absolute Gasteiger partial charge is 0.131 e. The van der Waals surface area contributed by atoms with E-state index in [0.717, 1.165) is 23.4 Å². The van der Waals surface area contributed by atoms with Crippen LogP contribution in [0.5, 0.6) is 0 Å². The van der Waals surface area contributed by atoms with Gasteiger partial charge in [0.15, 0.2) is 0 Å². The summed E-state index contributed by atoms with van der Waals surface area (Å²) in [7, 11) is 1.84. The number of hydrogen-bond acceptors (Lipinski definition) is 3. The van der Waals surface area contributed by atoms with Gasteiger partial charge in [-0.3, -0.25) is 4.68 Å². The van der Waals surface area contributed by atoms with Gasteiger partial charge in [0.1, 0.15) is 11.6 Å². The fourth-order valence-corrected chi connectivity index (χ4v) is 1.99. The molecule has 20 heavy (non-hydrogen) atoms. The van der Waals surface area contributed by atoms with Crippen LogP contribution >= 0.6 is 0 Å². The number of aromatic nitrogens is 2. The number of benzene rings is 1. The second-order valence-electron chi connectivity index (χ2n) is 4.66. The first-order valence-corrected chi connectivity index (χ1v) is 6.31. The molecule has 0 saturated carbocycles. The van der Waals surface area contributed by atoms with Gasteiger partial charge in [-0.2, -0.15) is 5.10 Å². The zero-order valence-corrected chi connectivity index (χ0v) is 11.4. The van der Waals surface area contributed by atoms with Crippen LogP contribution in [0.2, 0.25) is 0 Å². The van der Waals surface area contributed by atoms with Gasteiger partial charge < -0.3 is 10.4 Å². The number of nitrogens with zero attached hydrogens (tertiary/aromatic N) is 2. The standard InChI is InChI=1S/C14H17F2N3O/c1-9-10(7-18-19(9)2)6-17-8-13(20)14-11(15)4-3-5-12(14)16/h3-5,7,13,17,20H,6,8H2,1-2H3. The number of nitrogens with one attached hydrogen (secondary N) is 1. The summed E-state index contributed by atoms with van der Waals surface area (Å²) in [6.45, 7) is 2.47. The lowest BCUT2D eigenvalue weighted by Gasteiger charge is -2.13. The Morgan fingerprint density at radius 1 is 1.35 bits per heavy atom. The van der Waals surface area contributed by atoms with Crippen molar-refractivity contribution in [1.29, 1.82) is 0 Å². The highest BCUT2D eigenvalue weighted by Gasteiger charge is 2.17. The van der Waals surface area contributed by atoms with Crippen LogP contribution in [0.3, 0.4) is 0 Å². The SMILES string of the molecule is Cc1c(CNCC(O)c2c(F)cccc2F)cnn1C. The van der Waals surface area contributed by atoms with Gasteiger partial charge in [0.25, 0.3) is 0 Å². The Kier molecular flexibility index (Phi) is 4.46. The molecule has 2 N–H and O–H groups in total. The van der Waals surface area contributed by atoms with Crippen molar-refractivity contribution in [2.24, 2.45) is 7.05 Å². The highest BCUT2D eigenvalue weighted by atomic mass is 19.1. The normalized spacial score (nSPS) is 12.7. The van der Waals surface area contributed by atoms with E-state index in [0.29, 0.717) is 6.54 Å². The van der Waals surface area contributed by atoms with Crippen molar-refractivity contribution in [2.45, 2.75) is 19.6 Å². The molecule has 0 saturated heterocycles. The van der Waals surface area contributed by atoms with Gasteiger partial charge >= 0.3 is 0 Å². The first-order chi connectivity index (χ1) is 9.50. The zero-order valence-electron chi connectivity index (χ0n) is 11.4. The summed E-state index contributed by atoms with van der Waals surface area (Å²) in [5.74, 6) is -1.48. The molecule has 0 fully saturated rings. The van der Waals surface area contributed by atoms with Crippen molar-refractivity contribution in [2.75, 3.05) is 6.54 Å². The lowest BCUT2D eigenvalue weighted by molar-refractivity contribution is 0.164. The Labute approximate surface area is 116 Å². The third-order valence-electron chi connectivity index (χ3n) is 3.32. The first-order valence-electron chi connectivity index (χ1n) is 6.31. The number of rotatable bonds is 5. The summed E-state index contributed by atoms with van der Waals surface area (Å²) in [4.78, 5) is 0. The largest absolute Gasteiger partial charge is 0.387 e. The van der Waals surface area contributed by atoms with E-state index in [1.54, 1.807) is 10.9 Å². The number of aliphatic hydroxyl groups is 1. The molecule has 108 valence electrons. The molecule has 1 aromatic heterocycles. The van der Waals surface area contributed by atoms with Crippen LogP contribution in [0.1, 0.15) is 22.9 Å². The van der Waals surface area contributed by atoms with Crippen LogP contribution in [-0.2, 0) is 13.6 Å². The molecule has 0 aliphatic carbocycles. The van der Waals surface area contributed by atoms with Gasteiger partial charge in [0, 0.05) is 31.4 Å². The van der Waals surface area contributed by atoms with Gasteiger partial charge in [-0.25, -0.2) is 8.78 Å². The first kappa shape index (κ1) is 14.6. The topological polar surface area (TPSA) is 50.1 Å². The van der Waals surface area contributed by atoms with E-state index in [4.69, 9.17) is 0 Å². The second-order valence-corrected chi connectivity index (χ2v) is 4.66. The molecular formula is C14H17F2N3O. The lowest BCUT2D eigenvalue weighted by Crippen LogP contribution is -2.22. The molecule has 0 aliphatic heterocycles. The summed E-state index contributed by atoms with van der Waals surface area (Å²) in [5.41, 5.74) is 1.68. The highest BCUT2D eigenvalue weighted by molar-refractivity contribution is 5.22. The highest BCUT2D eigenvalue weighted by Crippen LogP contribution is 2.20. The summed E-state index contributed by atoms with van der Waals surface area (Å²) in [6, 6.07) is 3.53. The van der Waals surface area contributed by atoms with Crippen molar-refractivity contribution in [3.05, 3.63) is 52.9 Å². The summed E-state index contributed by atoms with van der Waals surface area (Å²) < 4.78 is 28.7. The minimum Gasteiger partial charge on any atom is -0.387 e. The van der Waals surface area contributed by atoms with E-state index in [1.807, 2.05) is 14.0 Å². The fraction of sp³-hybridized carbons (Fsp3) is 0.357. The third-order valence-corrected chi connectivity index (χ3v) is 3.32. The van der Waals surface area contributed by atoms with E-state index in [9.17, 15) is 13.9 Å². The summed E-state index contributed by atoms with van der Waals surface area (Å²) in [6.07, 6.45) is 0.492. The van der Waals surface area contributed by atoms with E-state index >= 15 is 0 Å². The monoisotopic (exact) mass is 281 g/mol. The van der Waals surface area contributed by atoms with Crippen LogP contribution in [0.25, 0.3) is 0 Å². The molecule has 6 heteroatoms. The predicted octanol–water partition coefficient (Wildman–Crippen LogP) is 1.83. The maximum Gasteiger partial charge on any atom is 0.131 e. The minimum atomic E-state index is -1.23. The van der Waals surface area contributed by atoms with Gasteiger partial charge in [0.05, 0.1) is 17.9 Å². The predicted molar refractivity (Wildman–Crippen MR) is 71.0 cm³/mol. The van der Waals surface area contributed by atoms with Gasteiger partial charge in [-0.15, -0.1) is 0 Å². The molecule has 4 nitrogen and oxygen atoms in total. The Morgan fingerprint density at radius 3 is 2.55 bits per heavy atom. The molecule has 0 aliphatic rings. The molecule has 0 bridgehead atoms. The molecular weight excluding hydrogens is 264 g/mol. The average Bonchev–Trinajstić information content (AvgIpc) is 2.70. The average molecular weight is 281 g/mol. The molecule has 0 amide bonds. The Morgan fingerprint density at radius 2 is 2.00 bits per heavy atom. The maximum atomic E-state index is 13.5. The molecule has 2 rings (SSSR count). The van der Waals surface area contributed by atoms with Gasteiger partial charge in [-0.1, -0.05) is 6.07 Å². The van der Waals surface area contributed by atoms with Crippen molar-refractivity contribution >= 4 is 0 Å². The van der Waals surface area contributed by atoms with Crippen LogP contribution in [0, 0.1) is 18.6 Å². The molecule has 1 atom stereocenters. The molecule has 1 heterocycles. The Bertz CT molecular complexity index is 578. The van der Waals surface area contributed by atoms with Crippen LogP contribution in [-0.4, -0.2) is 21.4 Å². The molecule has 1 aromatic carbocycles. The Hall–Kier alpha value is -1.79. The quantitative estimate of drug-likeness (QED) is 0.879.